The Morgan fingerprint density at radius 1 is 0.654 bits per heavy atom. The zero-order valence-electron chi connectivity index (χ0n) is 13.6. The molecule has 0 nitrogen and oxygen atoms in total. The van der Waals surface area contributed by atoms with Crippen molar-refractivity contribution in [1.29, 1.82) is 0 Å². The Morgan fingerprint density at radius 3 is 1.35 bits per heavy atom. The second-order valence-electron chi connectivity index (χ2n) is 4.97. The summed E-state index contributed by atoms with van der Waals surface area (Å²) in [6.45, 7) is 2.77. The number of rotatable bonds is 3. The third kappa shape index (κ3) is 5.79. The molecule has 0 bridgehead atoms. The van der Waals surface area contributed by atoms with Crippen molar-refractivity contribution < 1.29 is 56.2 Å². The number of hydrogen-bond donors (Lipinski definition) is 0. The van der Waals surface area contributed by atoms with Gasteiger partial charge in [0.1, 0.15) is 0 Å². The van der Waals surface area contributed by atoms with Gasteiger partial charge >= 0.3 is 21.1 Å². The van der Waals surface area contributed by atoms with Crippen molar-refractivity contribution in [3.8, 4) is 0 Å². The van der Waals surface area contributed by atoms with Crippen molar-refractivity contribution in [2.24, 2.45) is 0 Å². The van der Waals surface area contributed by atoms with Crippen LogP contribution in [0.1, 0.15) is 30.9 Å². The molecule has 0 unspecified atom stereocenters. The minimum absolute atomic E-state index is 0. The van der Waals surface area contributed by atoms with E-state index in [4.69, 9.17) is 0 Å². The average Bonchev–Trinajstić information content (AvgIpc) is 2.57. The maximum absolute atomic E-state index is 13.0. The molecule has 9 heteroatoms. The van der Waals surface area contributed by atoms with Crippen LogP contribution in [0.15, 0.2) is 0 Å². The van der Waals surface area contributed by atoms with Gasteiger partial charge in [-0.2, -0.15) is 0 Å². The van der Waals surface area contributed by atoms with Crippen LogP contribution in [0.5, 0.6) is 0 Å². The summed E-state index contributed by atoms with van der Waals surface area (Å²) in [5, 5.41) is 0. The van der Waals surface area contributed by atoms with Gasteiger partial charge in [-0.25, -0.2) is 17.6 Å². The van der Waals surface area contributed by atoms with Gasteiger partial charge in [0.25, 0.3) is 0 Å². The number of benzene rings is 2. The summed E-state index contributed by atoms with van der Waals surface area (Å²) >= 11 is 0. The normalized spacial score (nSPS) is 10.1. The van der Waals surface area contributed by atoms with Crippen LogP contribution in [-0.4, -0.2) is 0 Å². The van der Waals surface area contributed by atoms with Crippen LogP contribution in [0.3, 0.4) is 0 Å². The van der Waals surface area contributed by atoms with Crippen molar-refractivity contribution in [3.63, 3.8) is 0 Å². The molecular formula is C17H12F8W. The fourth-order valence-corrected chi connectivity index (χ4v) is 1.77. The van der Waals surface area contributed by atoms with Crippen molar-refractivity contribution in [2.45, 2.75) is 33.1 Å². The predicted octanol–water partition coefficient (Wildman–Crippen LogP) is 5.73. The SMILES string of the molecule is CCCCc1c(F)c(F)[c-]c(F)c1F.Cc1c(F)c(F)[c-]c(F)c1F.[W+2]. The van der Waals surface area contributed by atoms with Gasteiger partial charge in [-0.3, -0.25) is 17.6 Å². The van der Waals surface area contributed by atoms with Crippen LogP contribution in [0, 0.1) is 65.6 Å². The molecule has 0 heterocycles. The zero-order valence-corrected chi connectivity index (χ0v) is 16.5. The largest absolute Gasteiger partial charge is 2.00 e. The topological polar surface area (TPSA) is 0 Å². The van der Waals surface area contributed by atoms with Gasteiger partial charge in [-0.1, -0.05) is 37.8 Å². The molecular weight excluding hydrogens is 540 g/mol. The first-order valence-corrected chi connectivity index (χ1v) is 7.07. The Balaban J connectivity index is 0.000000475. The molecule has 0 amide bonds. The van der Waals surface area contributed by atoms with Gasteiger partial charge in [0.15, 0.2) is 0 Å². The molecule has 26 heavy (non-hydrogen) atoms. The van der Waals surface area contributed by atoms with Gasteiger partial charge < -0.3 is 0 Å². The van der Waals surface area contributed by atoms with E-state index in [9.17, 15) is 35.1 Å². The third-order valence-corrected chi connectivity index (χ3v) is 3.18. The third-order valence-electron chi connectivity index (χ3n) is 3.18. The molecule has 0 N–H and O–H groups in total. The first kappa shape index (κ1) is 24.6. The zero-order chi connectivity index (χ0) is 19.3. The molecule has 2 aromatic carbocycles. The van der Waals surface area contributed by atoms with Crippen LogP contribution in [0.2, 0.25) is 0 Å². The number of halogens is 8. The molecule has 0 aliphatic carbocycles. The van der Waals surface area contributed by atoms with Crippen LogP contribution in [0.4, 0.5) is 35.1 Å². The Kier molecular flexibility index (Phi) is 10.1. The molecule has 0 fully saturated rings. The Morgan fingerprint density at radius 2 is 1.00 bits per heavy atom. The monoisotopic (exact) mass is 552 g/mol. The Hall–Kier alpha value is -1.43. The summed E-state index contributed by atoms with van der Waals surface area (Å²) in [6, 6.07) is 2.60. The van der Waals surface area contributed by atoms with Gasteiger partial charge in [-0.05, 0) is 6.42 Å². The molecule has 0 aliphatic heterocycles. The van der Waals surface area contributed by atoms with Crippen molar-refractivity contribution >= 4 is 0 Å². The molecule has 0 saturated heterocycles. The smallest absolute Gasteiger partial charge is 0.281 e. The maximum atomic E-state index is 13.0. The first-order valence-electron chi connectivity index (χ1n) is 7.07. The molecule has 0 radical (unpaired) electrons. The predicted molar refractivity (Wildman–Crippen MR) is 73.6 cm³/mol. The molecule has 2 aromatic rings. The fourth-order valence-electron chi connectivity index (χ4n) is 1.77. The molecule has 0 saturated carbocycles. The number of unbranched alkanes of at least 4 members (excludes halogenated alkanes) is 1. The first-order chi connectivity index (χ1) is 11.6. The van der Waals surface area contributed by atoms with Gasteiger partial charge in [-0.15, -0.1) is 12.1 Å². The van der Waals surface area contributed by atoms with E-state index in [0.29, 0.717) is 12.8 Å². The second kappa shape index (κ2) is 10.7. The van der Waals surface area contributed by atoms with E-state index >= 15 is 0 Å². The summed E-state index contributed by atoms with van der Waals surface area (Å²) in [6.07, 6.45) is 1.17. The van der Waals surface area contributed by atoms with E-state index in [1.807, 2.05) is 6.92 Å². The van der Waals surface area contributed by atoms with E-state index in [1.54, 1.807) is 0 Å². The summed E-state index contributed by atoms with van der Waals surface area (Å²) in [5.74, 6) is -11.4. The van der Waals surface area contributed by atoms with Crippen molar-refractivity contribution in [3.05, 3.63) is 69.8 Å². The quantitative estimate of drug-likeness (QED) is 0.259. The van der Waals surface area contributed by atoms with Gasteiger partial charge in [0, 0.05) is 46.5 Å². The maximum Gasteiger partial charge on any atom is 2.00 e. The summed E-state index contributed by atoms with van der Waals surface area (Å²) < 4.78 is 100. The minimum Gasteiger partial charge on any atom is -0.281 e. The average molecular weight is 552 g/mol. The summed E-state index contributed by atoms with van der Waals surface area (Å²) in [5.41, 5.74) is -1.20. The second-order valence-corrected chi connectivity index (χ2v) is 4.97. The standard InChI is InChI=1S/C10H9F4.C7H3F4.W/c1-2-3-4-6-9(13)7(11)5-8(12)10(6)14;1-3-6(10)4(8)2-5(9)7(3)11;/h2-4H2,1H3;1H3;/q2*-1;+2. The van der Waals surface area contributed by atoms with E-state index in [-0.39, 0.29) is 27.5 Å². The van der Waals surface area contributed by atoms with E-state index in [0.717, 1.165) is 6.92 Å². The van der Waals surface area contributed by atoms with Crippen LogP contribution in [-0.2, 0) is 27.5 Å². The van der Waals surface area contributed by atoms with Crippen LogP contribution < -0.4 is 0 Å². The van der Waals surface area contributed by atoms with Crippen LogP contribution in [0.25, 0.3) is 0 Å². The molecule has 0 aliphatic rings. The van der Waals surface area contributed by atoms with Gasteiger partial charge in [0.05, 0.1) is 0 Å². The molecule has 0 spiro atoms. The van der Waals surface area contributed by atoms with Gasteiger partial charge in [0.2, 0.25) is 0 Å². The van der Waals surface area contributed by atoms with E-state index < -0.39 is 57.7 Å². The molecule has 142 valence electrons. The van der Waals surface area contributed by atoms with Crippen molar-refractivity contribution in [1.82, 2.24) is 0 Å². The Labute approximate surface area is 159 Å². The molecule has 2 rings (SSSR count). The van der Waals surface area contributed by atoms with E-state index in [1.165, 1.54) is 12.1 Å². The molecule has 0 aromatic heterocycles. The Bertz CT molecular complexity index is 709. The van der Waals surface area contributed by atoms with Crippen LogP contribution >= 0.6 is 0 Å². The summed E-state index contributed by atoms with van der Waals surface area (Å²) in [7, 11) is 0. The van der Waals surface area contributed by atoms with Crippen molar-refractivity contribution in [2.75, 3.05) is 0 Å². The van der Waals surface area contributed by atoms with E-state index in [2.05, 4.69) is 0 Å². The molecule has 0 atom stereocenters. The minimum atomic E-state index is -1.50. The summed E-state index contributed by atoms with van der Waals surface area (Å²) in [4.78, 5) is 0. The fraction of sp³-hybridized carbons (Fsp3) is 0.294. The number of hydrogen-bond acceptors (Lipinski definition) is 0.